The fraction of sp³-hybridized carbons (Fsp3) is 0.290. The van der Waals surface area contributed by atoms with Gasteiger partial charge in [-0.25, -0.2) is 9.79 Å². The van der Waals surface area contributed by atoms with Gasteiger partial charge < -0.3 is 19.7 Å². The molecule has 0 saturated heterocycles. The number of alkyl halides is 3. The molecule has 1 unspecified atom stereocenters. The molecule has 0 radical (unpaired) electrons. The molecule has 0 aromatic heterocycles. The minimum absolute atomic E-state index is 0.0697. The Labute approximate surface area is 232 Å². The van der Waals surface area contributed by atoms with Crippen molar-refractivity contribution in [3.63, 3.8) is 0 Å². The molecular weight excluding hydrogens is 519 g/mol. The molecule has 1 aliphatic rings. The maximum absolute atomic E-state index is 13.9. The number of carbonyl (C=O) groups is 1. The van der Waals surface area contributed by atoms with Crippen molar-refractivity contribution >= 4 is 11.9 Å². The van der Waals surface area contributed by atoms with Crippen LogP contribution >= 0.6 is 0 Å². The van der Waals surface area contributed by atoms with Crippen LogP contribution in [0.3, 0.4) is 0 Å². The number of esters is 1. The number of benzene rings is 3. The van der Waals surface area contributed by atoms with Gasteiger partial charge in [0, 0.05) is 5.70 Å². The summed E-state index contributed by atoms with van der Waals surface area (Å²) in [4.78, 5) is 19.4. The lowest BCUT2D eigenvalue weighted by atomic mass is 9.95. The van der Waals surface area contributed by atoms with Crippen molar-refractivity contribution in [3.05, 3.63) is 112 Å². The third kappa shape index (κ3) is 6.83. The van der Waals surface area contributed by atoms with Crippen LogP contribution in [0.1, 0.15) is 35.6 Å². The third-order valence-electron chi connectivity index (χ3n) is 6.89. The van der Waals surface area contributed by atoms with Crippen molar-refractivity contribution in [2.45, 2.75) is 45.1 Å². The fourth-order valence-electron chi connectivity index (χ4n) is 4.76. The highest BCUT2D eigenvalue weighted by molar-refractivity contribution is 5.95. The number of carbonyl (C=O) groups excluding carboxylic acids is 1. The van der Waals surface area contributed by atoms with Gasteiger partial charge in [0.2, 0.25) is 0 Å². The molecule has 9 heteroatoms. The zero-order chi connectivity index (χ0) is 28.7. The first-order chi connectivity index (χ1) is 19.2. The largest absolute Gasteiger partial charge is 0.497 e. The van der Waals surface area contributed by atoms with Crippen LogP contribution in [-0.2, 0) is 35.2 Å². The van der Waals surface area contributed by atoms with Crippen LogP contribution in [0.4, 0.5) is 13.2 Å². The minimum Gasteiger partial charge on any atom is -0.497 e. The summed E-state index contributed by atoms with van der Waals surface area (Å²) in [6, 6.07) is 22.3. The zero-order valence-corrected chi connectivity index (χ0v) is 22.7. The van der Waals surface area contributed by atoms with E-state index in [2.05, 4.69) is 5.32 Å². The van der Waals surface area contributed by atoms with Gasteiger partial charge in [-0.15, -0.1) is 0 Å². The summed E-state index contributed by atoms with van der Waals surface area (Å²) in [5, 5.41) is 3.35. The van der Waals surface area contributed by atoms with Crippen molar-refractivity contribution in [1.29, 1.82) is 0 Å². The molecule has 4 rings (SSSR count). The Morgan fingerprint density at radius 2 is 1.62 bits per heavy atom. The van der Waals surface area contributed by atoms with Gasteiger partial charge in [0.05, 0.1) is 44.5 Å². The number of hydrogen-bond acceptors (Lipinski definition) is 4. The lowest BCUT2D eigenvalue weighted by molar-refractivity contribution is -0.139. The highest BCUT2D eigenvalue weighted by atomic mass is 19.4. The van der Waals surface area contributed by atoms with E-state index in [1.165, 1.54) is 19.2 Å². The van der Waals surface area contributed by atoms with E-state index >= 15 is 0 Å². The molecule has 210 valence electrons. The number of nitrogens with zero attached hydrogens (tertiary/aromatic N) is 2. The number of methoxy groups -OCH3 is 2. The normalized spacial score (nSPS) is 16.6. The summed E-state index contributed by atoms with van der Waals surface area (Å²) in [7, 11) is 2.88. The number of halogens is 3. The fourth-order valence-corrected chi connectivity index (χ4v) is 4.76. The van der Waals surface area contributed by atoms with Crippen LogP contribution in [-0.4, -0.2) is 37.1 Å². The number of hydrogen-bond donors (Lipinski definition) is 1. The van der Waals surface area contributed by atoms with Crippen molar-refractivity contribution in [1.82, 2.24) is 10.2 Å². The van der Waals surface area contributed by atoms with Gasteiger partial charge in [0.1, 0.15) is 5.75 Å². The van der Waals surface area contributed by atoms with Gasteiger partial charge in [-0.2, -0.15) is 13.2 Å². The topological polar surface area (TPSA) is 63.2 Å². The predicted octanol–water partition coefficient (Wildman–Crippen LogP) is 6.12. The van der Waals surface area contributed by atoms with E-state index < -0.39 is 23.8 Å². The Morgan fingerprint density at radius 3 is 2.27 bits per heavy atom. The summed E-state index contributed by atoms with van der Waals surface area (Å²) in [6.45, 7) is 1.86. The Morgan fingerprint density at radius 1 is 0.950 bits per heavy atom. The summed E-state index contributed by atoms with van der Waals surface area (Å²) in [5.74, 6) is 0.558. The maximum Gasteiger partial charge on any atom is 0.416 e. The smallest absolute Gasteiger partial charge is 0.416 e. The number of nitrogens with one attached hydrogen (secondary N) is 1. The Kier molecular flexibility index (Phi) is 9.14. The number of ether oxygens (including phenoxy) is 2. The molecule has 0 fully saturated rings. The highest BCUT2D eigenvalue weighted by Crippen LogP contribution is 2.34. The van der Waals surface area contributed by atoms with Gasteiger partial charge in [0.15, 0.2) is 5.96 Å². The molecule has 3 aromatic rings. The van der Waals surface area contributed by atoms with Crippen LogP contribution in [0, 0.1) is 0 Å². The molecule has 0 amide bonds. The number of guanidine groups is 1. The first-order valence-corrected chi connectivity index (χ1v) is 12.9. The maximum atomic E-state index is 13.9. The predicted molar refractivity (Wildman–Crippen MR) is 148 cm³/mol. The molecule has 0 saturated carbocycles. The van der Waals surface area contributed by atoms with Crippen molar-refractivity contribution in [2.75, 3.05) is 14.2 Å². The lowest BCUT2D eigenvalue weighted by Gasteiger charge is -2.38. The average molecular weight is 552 g/mol. The van der Waals surface area contributed by atoms with E-state index in [9.17, 15) is 18.0 Å². The van der Waals surface area contributed by atoms with Gasteiger partial charge >= 0.3 is 12.1 Å². The van der Waals surface area contributed by atoms with E-state index in [0.717, 1.165) is 17.2 Å². The second-order valence-corrected chi connectivity index (χ2v) is 9.44. The van der Waals surface area contributed by atoms with Gasteiger partial charge in [0.25, 0.3) is 0 Å². The van der Waals surface area contributed by atoms with Crippen molar-refractivity contribution in [3.8, 4) is 5.75 Å². The Bertz CT molecular complexity index is 1370. The molecule has 0 aliphatic carbocycles. The molecule has 1 atom stereocenters. The lowest BCUT2D eigenvalue weighted by Crippen LogP contribution is -2.52. The second-order valence-electron chi connectivity index (χ2n) is 9.44. The number of aliphatic imine (C=N–C) groups is 1. The van der Waals surface area contributed by atoms with Crippen LogP contribution < -0.4 is 10.1 Å². The van der Waals surface area contributed by atoms with E-state index in [4.69, 9.17) is 14.5 Å². The third-order valence-corrected chi connectivity index (χ3v) is 6.89. The summed E-state index contributed by atoms with van der Waals surface area (Å²) in [5.41, 5.74) is 2.19. The minimum atomic E-state index is -4.53. The van der Waals surface area contributed by atoms with E-state index in [1.54, 1.807) is 25.0 Å². The highest BCUT2D eigenvalue weighted by Gasteiger charge is 2.37. The van der Waals surface area contributed by atoms with E-state index in [0.29, 0.717) is 35.8 Å². The first-order valence-electron chi connectivity index (χ1n) is 12.9. The van der Waals surface area contributed by atoms with E-state index in [-0.39, 0.29) is 18.7 Å². The van der Waals surface area contributed by atoms with Crippen LogP contribution in [0.15, 0.2) is 95.1 Å². The SMILES string of the molecule is COC(=O)C1=C(C)N(Cc2ccccc2C(F)(F)F)C(=NCc2ccc(OC)cc2)NC1CCc1ccccc1. The summed E-state index contributed by atoms with van der Waals surface area (Å²) >= 11 is 0. The Hall–Kier alpha value is -4.27. The van der Waals surface area contributed by atoms with Gasteiger partial charge in [-0.05, 0) is 54.7 Å². The monoisotopic (exact) mass is 551 g/mol. The molecule has 1 aliphatic heterocycles. The van der Waals surface area contributed by atoms with E-state index in [1.807, 2.05) is 54.6 Å². The molecule has 6 nitrogen and oxygen atoms in total. The molecule has 0 bridgehead atoms. The van der Waals surface area contributed by atoms with Gasteiger partial charge in [-0.3, -0.25) is 0 Å². The van der Waals surface area contributed by atoms with Gasteiger partial charge in [-0.1, -0.05) is 60.7 Å². The van der Waals surface area contributed by atoms with Crippen LogP contribution in [0.2, 0.25) is 0 Å². The molecular formula is C31H32F3N3O3. The average Bonchev–Trinajstić information content (AvgIpc) is 2.96. The zero-order valence-electron chi connectivity index (χ0n) is 22.7. The number of allylic oxidation sites excluding steroid dienone is 1. The first kappa shape index (κ1) is 28.7. The molecule has 1 heterocycles. The quantitative estimate of drug-likeness (QED) is 0.325. The number of aryl methyl sites for hydroxylation is 1. The summed E-state index contributed by atoms with van der Waals surface area (Å²) < 4.78 is 51.9. The standard InChI is InChI=1S/C31H32F3N3O3/c1-21-28(29(38)40-3)27(18-15-22-9-5-4-6-10-22)36-30(35-19-23-13-16-25(39-2)17-14-23)37(21)20-24-11-7-8-12-26(24)31(32,33)34/h4-14,16-17,27H,15,18-20H2,1-3H3,(H,35,36). The molecule has 40 heavy (non-hydrogen) atoms. The number of rotatable bonds is 9. The summed E-state index contributed by atoms with van der Waals surface area (Å²) in [6.07, 6.45) is -3.30. The van der Waals surface area contributed by atoms with Crippen LogP contribution in [0.25, 0.3) is 0 Å². The molecule has 1 N–H and O–H groups in total. The molecule has 0 spiro atoms. The second kappa shape index (κ2) is 12.7. The molecule has 3 aromatic carbocycles. The van der Waals surface area contributed by atoms with Crippen molar-refractivity contribution in [2.24, 2.45) is 4.99 Å². The van der Waals surface area contributed by atoms with Crippen LogP contribution in [0.5, 0.6) is 5.75 Å². The van der Waals surface area contributed by atoms with Crippen molar-refractivity contribution < 1.29 is 27.4 Å². The Balaban J connectivity index is 1.74.